The lowest BCUT2D eigenvalue weighted by Crippen LogP contribution is -2.38. The van der Waals surface area contributed by atoms with Crippen LogP contribution in [0.2, 0.25) is 0 Å². The van der Waals surface area contributed by atoms with Crippen LogP contribution in [0.5, 0.6) is 6.01 Å². The SMILES string of the molecule is COc1nc(NN=Cc2c[nH]c3ccc(F)cc23)nc(N(C(C)C)C(C)C)n1. The smallest absolute Gasteiger partial charge is 0.322 e. The highest BCUT2D eigenvalue weighted by molar-refractivity contribution is 5.99. The minimum Gasteiger partial charge on any atom is -0.467 e. The predicted octanol–water partition coefficient (Wildman–Crippen LogP) is 3.57. The number of methoxy groups -OCH3 is 1. The second-order valence-corrected chi connectivity index (χ2v) is 6.84. The first-order valence-corrected chi connectivity index (χ1v) is 9.03. The molecule has 0 spiro atoms. The van der Waals surface area contributed by atoms with Crippen molar-refractivity contribution in [3.05, 3.63) is 35.8 Å². The maximum atomic E-state index is 13.5. The summed E-state index contributed by atoms with van der Waals surface area (Å²) >= 11 is 0. The first-order valence-electron chi connectivity index (χ1n) is 9.03. The molecular weight excluding hydrogens is 361 g/mol. The fourth-order valence-corrected chi connectivity index (χ4v) is 3.04. The number of hydrazone groups is 1. The van der Waals surface area contributed by atoms with Crippen LogP contribution in [0.15, 0.2) is 29.5 Å². The summed E-state index contributed by atoms with van der Waals surface area (Å²) in [7, 11) is 1.50. The van der Waals surface area contributed by atoms with Crippen LogP contribution >= 0.6 is 0 Å². The zero-order chi connectivity index (χ0) is 20.3. The lowest BCUT2D eigenvalue weighted by atomic mass is 10.2. The van der Waals surface area contributed by atoms with E-state index < -0.39 is 0 Å². The molecule has 8 nitrogen and oxygen atoms in total. The van der Waals surface area contributed by atoms with E-state index in [9.17, 15) is 4.39 Å². The number of benzene rings is 1. The molecule has 9 heteroatoms. The van der Waals surface area contributed by atoms with Crippen LogP contribution in [0, 0.1) is 5.82 Å². The molecule has 28 heavy (non-hydrogen) atoms. The number of hydrogen-bond donors (Lipinski definition) is 2. The molecule has 0 radical (unpaired) electrons. The maximum Gasteiger partial charge on any atom is 0.322 e. The molecule has 0 aliphatic heterocycles. The first-order chi connectivity index (χ1) is 13.4. The monoisotopic (exact) mass is 385 g/mol. The summed E-state index contributed by atoms with van der Waals surface area (Å²) in [6, 6.07) is 5.15. The second kappa shape index (κ2) is 8.20. The van der Waals surface area contributed by atoms with Crippen LogP contribution in [0.25, 0.3) is 10.9 Å². The normalized spacial score (nSPS) is 11.7. The van der Waals surface area contributed by atoms with Crippen LogP contribution < -0.4 is 15.1 Å². The van der Waals surface area contributed by atoms with Crippen LogP contribution in [0.3, 0.4) is 0 Å². The van der Waals surface area contributed by atoms with E-state index in [-0.39, 0.29) is 29.9 Å². The van der Waals surface area contributed by atoms with Gasteiger partial charge in [0, 0.05) is 34.7 Å². The standard InChI is InChI=1S/C19H24FN7O/c1-11(2)27(12(3)4)18-23-17(24-19(25-18)28-5)26-22-10-13-9-21-16-7-6-14(20)8-15(13)16/h6-12,21H,1-5H3,(H,23,24,25,26). The van der Waals surface area contributed by atoms with Gasteiger partial charge in [0.15, 0.2) is 0 Å². The molecule has 3 rings (SSSR count). The molecule has 2 heterocycles. The van der Waals surface area contributed by atoms with Gasteiger partial charge < -0.3 is 14.6 Å². The number of anilines is 2. The number of fused-ring (bicyclic) bond motifs is 1. The van der Waals surface area contributed by atoms with Crippen molar-refractivity contribution in [1.82, 2.24) is 19.9 Å². The largest absolute Gasteiger partial charge is 0.467 e. The Kier molecular flexibility index (Phi) is 5.72. The summed E-state index contributed by atoms with van der Waals surface area (Å²) in [5.41, 5.74) is 4.38. The van der Waals surface area contributed by atoms with Crippen molar-refractivity contribution in [2.75, 3.05) is 17.4 Å². The lowest BCUT2D eigenvalue weighted by Gasteiger charge is -2.30. The molecule has 0 bridgehead atoms. The third kappa shape index (κ3) is 4.19. The number of H-pyrrole nitrogens is 1. The Labute approximate surface area is 162 Å². The van der Waals surface area contributed by atoms with Gasteiger partial charge in [0.2, 0.25) is 5.95 Å². The van der Waals surface area contributed by atoms with E-state index in [0.29, 0.717) is 5.95 Å². The zero-order valence-corrected chi connectivity index (χ0v) is 16.6. The quantitative estimate of drug-likeness (QED) is 0.477. The highest BCUT2D eigenvalue weighted by atomic mass is 19.1. The molecule has 0 fully saturated rings. The lowest BCUT2D eigenvalue weighted by molar-refractivity contribution is 0.377. The zero-order valence-electron chi connectivity index (χ0n) is 16.6. The minimum absolute atomic E-state index is 0.197. The molecule has 0 atom stereocenters. The molecule has 0 saturated heterocycles. The van der Waals surface area contributed by atoms with E-state index in [1.165, 1.54) is 19.2 Å². The van der Waals surface area contributed by atoms with Crippen molar-refractivity contribution in [2.24, 2.45) is 5.10 Å². The van der Waals surface area contributed by atoms with Crippen molar-refractivity contribution in [1.29, 1.82) is 0 Å². The number of halogens is 1. The number of nitrogens with one attached hydrogen (secondary N) is 2. The Morgan fingerprint density at radius 1 is 1.18 bits per heavy atom. The third-order valence-corrected chi connectivity index (χ3v) is 4.17. The van der Waals surface area contributed by atoms with Gasteiger partial charge in [-0.1, -0.05) is 0 Å². The average Bonchev–Trinajstić information content (AvgIpc) is 3.03. The Hall–Kier alpha value is -3.23. The molecule has 148 valence electrons. The molecule has 0 saturated carbocycles. The topological polar surface area (TPSA) is 91.3 Å². The third-order valence-electron chi connectivity index (χ3n) is 4.17. The molecule has 0 aliphatic rings. The van der Waals surface area contributed by atoms with Crippen LogP contribution in [-0.2, 0) is 0 Å². The number of hydrogen-bond acceptors (Lipinski definition) is 7. The average molecular weight is 385 g/mol. The molecule has 3 aromatic rings. The second-order valence-electron chi connectivity index (χ2n) is 6.84. The van der Waals surface area contributed by atoms with Crippen molar-refractivity contribution in [2.45, 2.75) is 39.8 Å². The highest BCUT2D eigenvalue weighted by Gasteiger charge is 2.19. The number of nitrogens with zero attached hydrogens (tertiary/aromatic N) is 5. The van der Waals surface area contributed by atoms with Crippen LogP contribution in [-0.4, -0.2) is 45.3 Å². The number of ether oxygens (including phenoxy) is 1. The Bertz CT molecular complexity index is 976. The minimum atomic E-state index is -0.302. The van der Waals surface area contributed by atoms with Gasteiger partial charge in [-0.2, -0.15) is 20.1 Å². The molecule has 2 aromatic heterocycles. The molecule has 0 unspecified atom stereocenters. The van der Waals surface area contributed by atoms with Crippen molar-refractivity contribution < 1.29 is 9.13 Å². The Balaban J connectivity index is 1.86. The molecule has 2 N–H and O–H groups in total. The summed E-state index contributed by atoms with van der Waals surface area (Å²) in [4.78, 5) is 18.1. The molecule has 0 aliphatic carbocycles. The van der Waals surface area contributed by atoms with Gasteiger partial charge in [-0.25, -0.2) is 9.82 Å². The fraction of sp³-hybridized carbons (Fsp3) is 0.368. The van der Waals surface area contributed by atoms with E-state index in [2.05, 4.69) is 63.1 Å². The summed E-state index contributed by atoms with van der Waals surface area (Å²) in [6.45, 7) is 8.27. The first kappa shape index (κ1) is 19.5. The van der Waals surface area contributed by atoms with Crippen LogP contribution in [0.4, 0.5) is 16.3 Å². The molecular formula is C19H24FN7O. The number of aromatic amines is 1. The Morgan fingerprint density at radius 3 is 2.61 bits per heavy atom. The van der Waals surface area contributed by atoms with Gasteiger partial charge >= 0.3 is 6.01 Å². The van der Waals surface area contributed by atoms with Gasteiger partial charge in [-0.15, -0.1) is 0 Å². The van der Waals surface area contributed by atoms with Crippen molar-refractivity contribution in [3.8, 4) is 6.01 Å². The van der Waals surface area contributed by atoms with E-state index in [1.807, 2.05) is 0 Å². The summed E-state index contributed by atoms with van der Waals surface area (Å²) in [5, 5.41) is 4.93. The highest BCUT2D eigenvalue weighted by Crippen LogP contribution is 2.20. The van der Waals surface area contributed by atoms with Crippen LogP contribution in [0.1, 0.15) is 33.3 Å². The predicted molar refractivity (Wildman–Crippen MR) is 109 cm³/mol. The van der Waals surface area contributed by atoms with E-state index in [0.717, 1.165) is 16.5 Å². The van der Waals surface area contributed by atoms with E-state index >= 15 is 0 Å². The van der Waals surface area contributed by atoms with Crippen molar-refractivity contribution >= 4 is 29.0 Å². The summed E-state index contributed by atoms with van der Waals surface area (Å²) in [5.74, 6) is 0.461. The molecule has 1 aromatic carbocycles. The fourth-order valence-electron chi connectivity index (χ4n) is 3.04. The van der Waals surface area contributed by atoms with Crippen molar-refractivity contribution in [3.63, 3.8) is 0 Å². The van der Waals surface area contributed by atoms with Gasteiger partial charge in [0.1, 0.15) is 5.82 Å². The Morgan fingerprint density at radius 2 is 1.93 bits per heavy atom. The van der Waals surface area contributed by atoms with Gasteiger partial charge in [0.25, 0.3) is 5.95 Å². The van der Waals surface area contributed by atoms with Gasteiger partial charge in [-0.05, 0) is 45.9 Å². The van der Waals surface area contributed by atoms with Gasteiger partial charge in [0.05, 0.1) is 13.3 Å². The van der Waals surface area contributed by atoms with E-state index in [1.54, 1.807) is 18.5 Å². The van der Waals surface area contributed by atoms with E-state index in [4.69, 9.17) is 4.74 Å². The molecule has 0 amide bonds. The summed E-state index contributed by atoms with van der Waals surface area (Å²) in [6.07, 6.45) is 3.34. The maximum absolute atomic E-state index is 13.5. The number of aromatic nitrogens is 4. The number of rotatable bonds is 7. The summed E-state index contributed by atoms with van der Waals surface area (Å²) < 4.78 is 18.7. The van der Waals surface area contributed by atoms with Gasteiger partial charge in [-0.3, -0.25) is 0 Å².